The maximum Gasteiger partial charge on any atom is 0.318 e. The van der Waals surface area contributed by atoms with Gasteiger partial charge in [0.15, 0.2) is 0 Å². The third-order valence-corrected chi connectivity index (χ3v) is 8.67. The van der Waals surface area contributed by atoms with E-state index in [4.69, 9.17) is 14.7 Å². The quantitative estimate of drug-likeness (QED) is 0.392. The number of carbonyl (C=O) groups is 1. The molecule has 2 saturated heterocycles. The number of hydrogen-bond acceptors (Lipinski definition) is 8. The first-order valence-corrected chi connectivity index (χ1v) is 14.5. The highest BCUT2D eigenvalue weighted by Crippen LogP contribution is 2.34. The Morgan fingerprint density at radius 1 is 1.12 bits per heavy atom. The lowest BCUT2D eigenvalue weighted by Gasteiger charge is -2.41. The lowest BCUT2D eigenvalue weighted by atomic mass is 10.1. The molecule has 41 heavy (non-hydrogen) atoms. The highest BCUT2D eigenvalue weighted by molar-refractivity contribution is 5.87. The highest BCUT2D eigenvalue weighted by Gasteiger charge is 2.34. The highest BCUT2D eigenvalue weighted by atomic mass is 16.5. The zero-order chi connectivity index (χ0) is 28.3. The van der Waals surface area contributed by atoms with E-state index in [-0.39, 0.29) is 18.4 Å². The third kappa shape index (κ3) is 5.76. The van der Waals surface area contributed by atoms with Crippen LogP contribution in [0.5, 0.6) is 6.01 Å². The first kappa shape index (κ1) is 27.2. The molecule has 9 heteroatoms. The summed E-state index contributed by atoms with van der Waals surface area (Å²) >= 11 is 0. The van der Waals surface area contributed by atoms with Gasteiger partial charge in [0.1, 0.15) is 12.4 Å². The van der Waals surface area contributed by atoms with Crippen LogP contribution in [0.3, 0.4) is 0 Å². The molecule has 2 atom stereocenters. The second kappa shape index (κ2) is 11.9. The standard InChI is InChI=1S/C32H37N7O2/c1-3-30(40)39-16-15-38(19-26(39)12-13-33)31-28-20-37(18-23-10-11-24-7-4-5-8-25(24)17-23)21-29(28)34-32(35-31)41-22-27-9-6-14-36(27)2/h3-5,7-8,10-11,17,26-27H,1,6,9,12,14-16,18-22H2,2H3. The summed E-state index contributed by atoms with van der Waals surface area (Å²) in [5.74, 6) is 0.725. The zero-order valence-electron chi connectivity index (χ0n) is 23.7. The van der Waals surface area contributed by atoms with Crippen LogP contribution in [0.1, 0.15) is 36.1 Å². The predicted molar refractivity (Wildman–Crippen MR) is 158 cm³/mol. The molecular weight excluding hydrogens is 514 g/mol. The molecule has 0 aliphatic carbocycles. The van der Waals surface area contributed by atoms with Crippen molar-refractivity contribution in [1.29, 1.82) is 5.26 Å². The number of amides is 1. The van der Waals surface area contributed by atoms with E-state index in [0.717, 1.165) is 43.1 Å². The molecule has 4 heterocycles. The van der Waals surface area contributed by atoms with Gasteiger partial charge in [-0.1, -0.05) is 43.0 Å². The van der Waals surface area contributed by atoms with Crippen LogP contribution < -0.4 is 9.64 Å². The van der Waals surface area contributed by atoms with Crippen molar-refractivity contribution in [2.24, 2.45) is 0 Å². The van der Waals surface area contributed by atoms with Crippen molar-refractivity contribution >= 4 is 22.5 Å². The SMILES string of the molecule is C=CC(=O)N1CCN(c2nc(OCC3CCCN3C)nc3c2CN(Cc2ccc4ccccc4c2)C3)CC1CC#N. The molecule has 9 nitrogen and oxygen atoms in total. The van der Waals surface area contributed by atoms with Gasteiger partial charge in [0.2, 0.25) is 5.91 Å². The summed E-state index contributed by atoms with van der Waals surface area (Å²) in [5.41, 5.74) is 3.36. The first-order valence-electron chi connectivity index (χ1n) is 14.5. The lowest BCUT2D eigenvalue weighted by Crippen LogP contribution is -2.55. The van der Waals surface area contributed by atoms with E-state index in [1.807, 2.05) is 0 Å². The number of nitrogens with zero attached hydrogens (tertiary/aromatic N) is 7. The first-order chi connectivity index (χ1) is 20.0. The smallest absolute Gasteiger partial charge is 0.318 e. The van der Waals surface area contributed by atoms with Crippen LogP contribution in [0.4, 0.5) is 5.82 Å². The number of benzene rings is 2. The Morgan fingerprint density at radius 3 is 2.76 bits per heavy atom. The van der Waals surface area contributed by atoms with Crippen molar-refractivity contribution in [3.05, 3.63) is 71.9 Å². The maximum absolute atomic E-state index is 12.5. The fraction of sp³-hybridized carbons (Fsp3) is 0.438. The van der Waals surface area contributed by atoms with Gasteiger partial charge in [0.05, 0.1) is 24.2 Å². The van der Waals surface area contributed by atoms with E-state index >= 15 is 0 Å². The Labute approximate surface area is 241 Å². The molecule has 0 N–H and O–H groups in total. The number of rotatable bonds is 8. The largest absolute Gasteiger partial charge is 0.462 e. The number of carbonyl (C=O) groups excluding carboxylic acids is 1. The second-order valence-electron chi connectivity index (χ2n) is 11.4. The Kier molecular flexibility index (Phi) is 7.86. The molecule has 3 aliphatic rings. The molecule has 2 aromatic carbocycles. The summed E-state index contributed by atoms with van der Waals surface area (Å²) in [7, 11) is 2.14. The van der Waals surface area contributed by atoms with Crippen LogP contribution in [-0.4, -0.2) is 82.5 Å². The van der Waals surface area contributed by atoms with Gasteiger partial charge >= 0.3 is 6.01 Å². The summed E-state index contributed by atoms with van der Waals surface area (Å²) in [6.45, 7) is 9.23. The average Bonchev–Trinajstić information content (AvgIpc) is 3.60. The molecule has 3 aliphatic heterocycles. The monoisotopic (exact) mass is 551 g/mol. The van der Waals surface area contributed by atoms with Gasteiger partial charge in [-0.05, 0) is 54.9 Å². The van der Waals surface area contributed by atoms with E-state index in [0.29, 0.717) is 44.8 Å². The average molecular weight is 552 g/mol. The van der Waals surface area contributed by atoms with Gasteiger partial charge in [0, 0.05) is 50.9 Å². The van der Waals surface area contributed by atoms with Crippen LogP contribution in [-0.2, 0) is 24.4 Å². The summed E-state index contributed by atoms with van der Waals surface area (Å²) in [6, 6.07) is 17.9. The fourth-order valence-corrected chi connectivity index (χ4v) is 6.41. The van der Waals surface area contributed by atoms with Gasteiger partial charge in [-0.3, -0.25) is 9.69 Å². The topological polar surface area (TPSA) is 88.8 Å². The molecule has 0 saturated carbocycles. The molecular formula is C32H37N7O2. The molecule has 6 rings (SSSR count). The molecule has 3 aromatic rings. The van der Waals surface area contributed by atoms with Crippen molar-refractivity contribution in [2.75, 3.05) is 44.7 Å². The Hall–Kier alpha value is -4.00. The van der Waals surface area contributed by atoms with E-state index in [9.17, 15) is 10.1 Å². The molecule has 1 amide bonds. The Bertz CT molecular complexity index is 1480. The molecule has 0 spiro atoms. The Morgan fingerprint density at radius 2 is 1.98 bits per heavy atom. The van der Waals surface area contributed by atoms with Gasteiger partial charge in [-0.2, -0.15) is 15.2 Å². The van der Waals surface area contributed by atoms with Crippen molar-refractivity contribution < 1.29 is 9.53 Å². The van der Waals surface area contributed by atoms with E-state index in [2.05, 4.69) is 76.9 Å². The zero-order valence-corrected chi connectivity index (χ0v) is 23.7. The van der Waals surface area contributed by atoms with Gasteiger partial charge in [0.25, 0.3) is 0 Å². The van der Waals surface area contributed by atoms with Crippen molar-refractivity contribution in [2.45, 2.75) is 51.0 Å². The van der Waals surface area contributed by atoms with Crippen LogP contribution in [0, 0.1) is 11.3 Å². The fourth-order valence-electron chi connectivity index (χ4n) is 6.41. The molecule has 0 radical (unpaired) electrons. The van der Waals surface area contributed by atoms with Crippen LogP contribution in [0.15, 0.2) is 55.1 Å². The number of fused-ring (bicyclic) bond motifs is 2. The second-order valence-corrected chi connectivity index (χ2v) is 11.4. The van der Waals surface area contributed by atoms with Crippen molar-refractivity contribution in [3.8, 4) is 12.1 Å². The van der Waals surface area contributed by atoms with Crippen molar-refractivity contribution in [3.63, 3.8) is 0 Å². The minimum Gasteiger partial charge on any atom is -0.462 e. The summed E-state index contributed by atoms with van der Waals surface area (Å²) in [4.78, 5) is 31.1. The normalized spacial score (nSPS) is 21.2. The summed E-state index contributed by atoms with van der Waals surface area (Å²) in [5, 5.41) is 12.0. The molecule has 2 fully saturated rings. The minimum atomic E-state index is -0.225. The molecule has 0 bridgehead atoms. The lowest BCUT2D eigenvalue weighted by molar-refractivity contribution is -0.128. The molecule has 1 aromatic heterocycles. The predicted octanol–water partition coefficient (Wildman–Crippen LogP) is 3.74. The van der Waals surface area contributed by atoms with E-state index in [1.54, 1.807) is 4.90 Å². The van der Waals surface area contributed by atoms with Crippen LogP contribution >= 0.6 is 0 Å². The van der Waals surface area contributed by atoms with Gasteiger partial charge in [-0.25, -0.2) is 0 Å². The maximum atomic E-state index is 12.5. The van der Waals surface area contributed by atoms with E-state index < -0.39 is 0 Å². The number of anilines is 1. The third-order valence-electron chi connectivity index (χ3n) is 8.67. The number of aromatic nitrogens is 2. The van der Waals surface area contributed by atoms with Gasteiger partial charge < -0.3 is 19.4 Å². The number of piperazine rings is 1. The molecule has 212 valence electrons. The number of hydrogen-bond donors (Lipinski definition) is 0. The summed E-state index contributed by atoms with van der Waals surface area (Å²) in [6.07, 6.45) is 3.88. The number of nitriles is 1. The number of likely N-dealkylation sites (tertiary alicyclic amines) is 1. The minimum absolute atomic E-state index is 0.135. The summed E-state index contributed by atoms with van der Waals surface area (Å²) < 4.78 is 6.23. The van der Waals surface area contributed by atoms with Crippen molar-refractivity contribution in [1.82, 2.24) is 24.7 Å². The van der Waals surface area contributed by atoms with Crippen LogP contribution in [0.25, 0.3) is 10.8 Å². The molecule has 2 unspecified atom stereocenters. The van der Waals surface area contributed by atoms with Crippen LogP contribution in [0.2, 0.25) is 0 Å². The number of likely N-dealkylation sites (N-methyl/N-ethyl adjacent to an activating group) is 1. The Balaban J connectivity index is 1.26. The van der Waals surface area contributed by atoms with Gasteiger partial charge in [-0.15, -0.1) is 0 Å². The number of ether oxygens (including phenoxy) is 1. The van der Waals surface area contributed by atoms with E-state index in [1.165, 1.54) is 28.8 Å².